The molecule has 1 aromatic carbocycles. The normalized spacial score (nSPS) is 17.7. The monoisotopic (exact) mass is 257 g/mol. The highest BCUT2D eigenvalue weighted by atomic mass is 32.2. The van der Waals surface area contributed by atoms with E-state index in [-0.39, 0.29) is 11.1 Å². The van der Waals surface area contributed by atoms with E-state index >= 15 is 0 Å². The molecular formula is C13H11N3OS. The zero-order valence-corrected chi connectivity index (χ0v) is 10.5. The maximum Gasteiger partial charge on any atom is 0.264 e. The number of aromatic nitrogens is 1. The number of carbonyl (C=O) groups is 1. The lowest BCUT2D eigenvalue weighted by Crippen LogP contribution is -2.18. The standard InChI is InChI=1S/C13H11N3OS/c1-7-9(6-11-12(17)16-13(14)18-11)8-4-2-3-5-10(8)15-7/h2-6,15H,1H3,(H2,14,16,17). The largest absolute Gasteiger partial charge is 0.358 e. The maximum atomic E-state index is 11.6. The van der Waals surface area contributed by atoms with Gasteiger partial charge in [0.25, 0.3) is 5.91 Å². The first-order valence-corrected chi connectivity index (χ1v) is 6.33. The fourth-order valence-electron chi connectivity index (χ4n) is 2.06. The highest BCUT2D eigenvalue weighted by molar-refractivity contribution is 8.18. The number of fused-ring (bicyclic) bond motifs is 1. The van der Waals surface area contributed by atoms with E-state index in [0.717, 1.165) is 33.9 Å². The second kappa shape index (κ2) is 4.03. The number of H-pyrrole nitrogens is 1. The summed E-state index contributed by atoms with van der Waals surface area (Å²) in [7, 11) is 0. The Hall–Kier alpha value is -2.01. The van der Waals surface area contributed by atoms with Crippen molar-refractivity contribution in [1.29, 1.82) is 5.41 Å². The van der Waals surface area contributed by atoms with Crippen LogP contribution >= 0.6 is 11.8 Å². The molecule has 0 aliphatic carbocycles. The molecule has 1 aliphatic rings. The van der Waals surface area contributed by atoms with E-state index in [9.17, 15) is 4.79 Å². The minimum Gasteiger partial charge on any atom is -0.358 e. The summed E-state index contributed by atoms with van der Waals surface area (Å²) in [4.78, 5) is 15.5. The maximum absolute atomic E-state index is 11.6. The molecule has 0 unspecified atom stereocenters. The summed E-state index contributed by atoms with van der Waals surface area (Å²) in [6.07, 6.45) is 1.84. The van der Waals surface area contributed by atoms with Gasteiger partial charge < -0.3 is 10.3 Å². The average molecular weight is 257 g/mol. The van der Waals surface area contributed by atoms with Crippen molar-refractivity contribution in [3.8, 4) is 0 Å². The van der Waals surface area contributed by atoms with Gasteiger partial charge in [-0.2, -0.15) is 0 Å². The van der Waals surface area contributed by atoms with Gasteiger partial charge in [0.2, 0.25) is 0 Å². The van der Waals surface area contributed by atoms with Gasteiger partial charge in [-0.3, -0.25) is 10.2 Å². The van der Waals surface area contributed by atoms with Crippen molar-refractivity contribution in [2.75, 3.05) is 0 Å². The van der Waals surface area contributed by atoms with Crippen molar-refractivity contribution in [2.24, 2.45) is 0 Å². The number of benzene rings is 1. The van der Waals surface area contributed by atoms with E-state index in [4.69, 9.17) is 5.41 Å². The molecule has 1 amide bonds. The topological polar surface area (TPSA) is 68.7 Å². The number of hydrogen-bond donors (Lipinski definition) is 3. The van der Waals surface area contributed by atoms with E-state index in [1.54, 1.807) is 0 Å². The molecule has 90 valence electrons. The van der Waals surface area contributed by atoms with Gasteiger partial charge in [-0.1, -0.05) is 18.2 Å². The van der Waals surface area contributed by atoms with Crippen LogP contribution in [-0.2, 0) is 4.79 Å². The van der Waals surface area contributed by atoms with E-state index in [2.05, 4.69) is 10.3 Å². The molecule has 2 heterocycles. The smallest absolute Gasteiger partial charge is 0.264 e. The molecule has 0 spiro atoms. The van der Waals surface area contributed by atoms with Crippen molar-refractivity contribution in [1.82, 2.24) is 10.3 Å². The van der Waals surface area contributed by atoms with Crippen LogP contribution in [0, 0.1) is 12.3 Å². The molecule has 1 aromatic heterocycles. The summed E-state index contributed by atoms with van der Waals surface area (Å²) in [6.45, 7) is 1.98. The number of aryl methyl sites for hydroxylation is 1. The number of nitrogens with one attached hydrogen (secondary N) is 3. The van der Waals surface area contributed by atoms with Gasteiger partial charge in [-0.15, -0.1) is 0 Å². The van der Waals surface area contributed by atoms with E-state index in [1.807, 2.05) is 37.3 Å². The Morgan fingerprint density at radius 3 is 2.83 bits per heavy atom. The zero-order chi connectivity index (χ0) is 12.7. The van der Waals surface area contributed by atoms with Gasteiger partial charge in [0.15, 0.2) is 5.17 Å². The van der Waals surface area contributed by atoms with E-state index in [1.165, 1.54) is 0 Å². The SMILES string of the molecule is Cc1[nH]c2ccccc2c1C=C1SC(=N)NC1=O. The molecule has 5 heteroatoms. The summed E-state index contributed by atoms with van der Waals surface area (Å²) in [5.41, 5.74) is 3.09. The lowest BCUT2D eigenvalue weighted by molar-refractivity contribution is -0.115. The molecule has 18 heavy (non-hydrogen) atoms. The third kappa shape index (κ3) is 1.73. The Morgan fingerprint density at radius 1 is 1.33 bits per heavy atom. The first-order valence-electron chi connectivity index (χ1n) is 5.52. The molecule has 1 aliphatic heterocycles. The zero-order valence-electron chi connectivity index (χ0n) is 9.70. The Morgan fingerprint density at radius 2 is 2.11 bits per heavy atom. The van der Waals surface area contributed by atoms with Crippen molar-refractivity contribution in [3.05, 3.63) is 40.4 Å². The van der Waals surface area contributed by atoms with Crippen LogP contribution in [0.3, 0.4) is 0 Å². The van der Waals surface area contributed by atoms with Crippen LogP contribution in [0.5, 0.6) is 0 Å². The van der Waals surface area contributed by atoms with Crippen LogP contribution in [0.15, 0.2) is 29.2 Å². The Bertz CT molecular complexity index is 699. The highest BCUT2D eigenvalue weighted by Gasteiger charge is 2.23. The molecular weight excluding hydrogens is 246 g/mol. The fraction of sp³-hybridized carbons (Fsp3) is 0.0769. The summed E-state index contributed by atoms with van der Waals surface area (Å²) in [5.74, 6) is -0.199. The Labute approximate surface area is 108 Å². The number of rotatable bonds is 1. The summed E-state index contributed by atoms with van der Waals surface area (Å²) >= 11 is 1.16. The number of amides is 1. The number of carbonyl (C=O) groups excluding carboxylic acids is 1. The predicted octanol–water partition coefficient (Wildman–Crippen LogP) is 2.61. The molecule has 3 rings (SSSR count). The van der Waals surface area contributed by atoms with Gasteiger partial charge in [0, 0.05) is 22.2 Å². The summed E-state index contributed by atoms with van der Waals surface area (Å²) < 4.78 is 0. The third-order valence-corrected chi connectivity index (χ3v) is 3.71. The fourth-order valence-corrected chi connectivity index (χ4v) is 2.74. The molecule has 2 aromatic rings. The van der Waals surface area contributed by atoms with Crippen molar-refractivity contribution in [3.63, 3.8) is 0 Å². The van der Waals surface area contributed by atoms with Gasteiger partial charge in [0.05, 0.1) is 4.91 Å². The third-order valence-electron chi connectivity index (χ3n) is 2.88. The van der Waals surface area contributed by atoms with Gasteiger partial charge in [0.1, 0.15) is 0 Å². The number of aromatic amines is 1. The average Bonchev–Trinajstić information content (AvgIpc) is 2.81. The van der Waals surface area contributed by atoms with E-state index < -0.39 is 0 Å². The molecule has 4 nitrogen and oxygen atoms in total. The quantitative estimate of drug-likeness (QED) is 0.687. The number of para-hydroxylation sites is 1. The number of thioether (sulfide) groups is 1. The van der Waals surface area contributed by atoms with Crippen molar-refractivity contribution < 1.29 is 4.79 Å². The van der Waals surface area contributed by atoms with Crippen LogP contribution in [0.2, 0.25) is 0 Å². The molecule has 0 saturated carbocycles. The van der Waals surface area contributed by atoms with Crippen LogP contribution < -0.4 is 5.32 Å². The number of amidine groups is 1. The first kappa shape index (κ1) is 11.1. The van der Waals surface area contributed by atoms with E-state index in [0.29, 0.717) is 4.91 Å². The minimum absolute atomic E-state index is 0.184. The minimum atomic E-state index is -0.199. The predicted molar refractivity (Wildman–Crippen MR) is 74.5 cm³/mol. The van der Waals surface area contributed by atoms with Crippen LogP contribution in [0.25, 0.3) is 17.0 Å². The molecule has 3 N–H and O–H groups in total. The molecule has 0 atom stereocenters. The van der Waals surface area contributed by atoms with Crippen LogP contribution in [0.4, 0.5) is 0 Å². The lowest BCUT2D eigenvalue weighted by Gasteiger charge is -1.95. The molecule has 1 fully saturated rings. The highest BCUT2D eigenvalue weighted by Crippen LogP contribution is 2.29. The van der Waals surface area contributed by atoms with Gasteiger partial charge in [-0.25, -0.2) is 0 Å². The number of hydrogen-bond acceptors (Lipinski definition) is 3. The Kier molecular flexibility index (Phi) is 2.48. The van der Waals surface area contributed by atoms with Crippen LogP contribution in [0.1, 0.15) is 11.3 Å². The summed E-state index contributed by atoms with van der Waals surface area (Å²) in [5, 5.41) is 11.2. The second-order valence-corrected chi connectivity index (χ2v) is 5.16. The molecule has 1 saturated heterocycles. The molecule has 0 radical (unpaired) electrons. The van der Waals surface area contributed by atoms with Crippen LogP contribution in [-0.4, -0.2) is 16.1 Å². The summed E-state index contributed by atoms with van der Waals surface area (Å²) in [6, 6.07) is 7.98. The van der Waals surface area contributed by atoms with Crippen molar-refractivity contribution >= 4 is 39.8 Å². The first-order chi connectivity index (χ1) is 8.65. The van der Waals surface area contributed by atoms with Gasteiger partial charge >= 0.3 is 0 Å². The lowest BCUT2D eigenvalue weighted by atomic mass is 10.1. The molecule has 0 bridgehead atoms. The van der Waals surface area contributed by atoms with Crippen molar-refractivity contribution in [2.45, 2.75) is 6.92 Å². The second-order valence-electron chi connectivity index (χ2n) is 4.10. The Balaban J connectivity index is 2.15. The van der Waals surface area contributed by atoms with Gasteiger partial charge in [-0.05, 0) is 30.8 Å².